The maximum absolute atomic E-state index is 12.5. The molecule has 2 aliphatic rings. The van der Waals surface area contributed by atoms with Gasteiger partial charge in [0.2, 0.25) is 0 Å². The van der Waals surface area contributed by atoms with E-state index in [9.17, 15) is 9.90 Å². The third-order valence-corrected chi connectivity index (χ3v) is 9.01. The fourth-order valence-electron chi connectivity index (χ4n) is 6.23. The third-order valence-electron chi connectivity index (χ3n) is 9.01. The molecular weight excluding hydrogens is 576 g/mol. The molecule has 6 rings (SSSR count). The second-order valence-corrected chi connectivity index (χ2v) is 12.3. The molecule has 2 heterocycles. The summed E-state index contributed by atoms with van der Waals surface area (Å²) in [7, 11) is 0. The number of aliphatic hydroxyl groups excluding tert-OH is 1. The van der Waals surface area contributed by atoms with Crippen LogP contribution in [0.2, 0.25) is 0 Å². The number of amides is 2. The number of nitrogens with one attached hydrogen (secondary N) is 2. The smallest absolute Gasteiger partial charge is 0.319 e. The Balaban J connectivity index is 1.10. The van der Waals surface area contributed by atoms with Gasteiger partial charge in [-0.15, -0.1) is 0 Å². The topological polar surface area (TPSA) is 86.3 Å². The minimum Gasteiger partial charge on any atom is -0.392 e. The summed E-state index contributed by atoms with van der Waals surface area (Å²) in [4.78, 5) is 17.5. The van der Waals surface area contributed by atoms with Crippen molar-refractivity contribution in [2.75, 3.05) is 38.0 Å². The van der Waals surface area contributed by atoms with Crippen molar-refractivity contribution in [3.8, 4) is 0 Å². The van der Waals surface area contributed by atoms with Crippen molar-refractivity contribution in [3.05, 3.63) is 137 Å². The summed E-state index contributed by atoms with van der Waals surface area (Å²) in [6.07, 6.45) is -0.759. The van der Waals surface area contributed by atoms with Gasteiger partial charge in [0.25, 0.3) is 0 Å². The van der Waals surface area contributed by atoms with Gasteiger partial charge in [0.1, 0.15) is 0 Å². The molecule has 0 spiro atoms. The summed E-state index contributed by atoms with van der Waals surface area (Å²) in [5.41, 5.74) is 5.93. The SMILES string of the molecule is CC1C(CN2CCN(Cc3ccccc3)CC2)OC(c2ccc(NC(=O)NCc3ccccc3)cc2)OC1c1ccc(CO)cc1. The van der Waals surface area contributed by atoms with Crippen LogP contribution >= 0.6 is 0 Å². The van der Waals surface area contributed by atoms with Crippen molar-refractivity contribution in [2.45, 2.75) is 45.1 Å². The molecule has 240 valence electrons. The summed E-state index contributed by atoms with van der Waals surface area (Å²) in [6, 6.07) is 35.9. The lowest BCUT2D eigenvalue weighted by atomic mass is 9.90. The van der Waals surface area contributed by atoms with E-state index in [4.69, 9.17) is 9.47 Å². The zero-order valence-electron chi connectivity index (χ0n) is 26.4. The van der Waals surface area contributed by atoms with Gasteiger partial charge in [-0.25, -0.2) is 4.79 Å². The van der Waals surface area contributed by atoms with Crippen molar-refractivity contribution in [1.29, 1.82) is 0 Å². The first-order chi connectivity index (χ1) is 22.5. The first-order valence-corrected chi connectivity index (χ1v) is 16.2. The molecule has 0 bridgehead atoms. The lowest BCUT2D eigenvalue weighted by Crippen LogP contribution is -2.51. The Morgan fingerprint density at radius 1 is 0.739 bits per heavy atom. The van der Waals surface area contributed by atoms with Crippen LogP contribution in [-0.2, 0) is 29.2 Å². The van der Waals surface area contributed by atoms with Gasteiger partial charge in [0.15, 0.2) is 6.29 Å². The molecule has 4 aromatic rings. The maximum Gasteiger partial charge on any atom is 0.319 e. The van der Waals surface area contributed by atoms with Crippen molar-refractivity contribution in [1.82, 2.24) is 15.1 Å². The van der Waals surface area contributed by atoms with E-state index in [1.54, 1.807) is 0 Å². The quantitative estimate of drug-likeness (QED) is 0.198. The lowest BCUT2D eigenvalue weighted by molar-refractivity contribution is -0.276. The highest BCUT2D eigenvalue weighted by atomic mass is 16.7. The molecule has 0 aliphatic carbocycles. The summed E-state index contributed by atoms with van der Waals surface area (Å²) in [5.74, 6) is 0.118. The van der Waals surface area contributed by atoms with Gasteiger partial charge in [-0.05, 0) is 34.4 Å². The number of urea groups is 1. The summed E-state index contributed by atoms with van der Waals surface area (Å²) >= 11 is 0. The number of aliphatic hydroxyl groups is 1. The van der Waals surface area contributed by atoms with Gasteiger partial charge in [0, 0.05) is 63.0 Å². The number of hydrogen-bond acceptors (Lipinski definition) is 6. The average molecular weight is 621 g/mol. The van der Waals surface area contributed by atoms with Crippen LogP contribution in [0.3, 0.4) is 0 Å². The zero-order valence-corrected chi connectivity index (χ0v) is 26.4. The van der Waals surface area contributed by atoms with E-state index in [2.05, 4.69) is 69.8 Å². The zero-order chi connectivity index (χ0) is 31.7. The molecule has 8 heteroatoms. The number of anilines is 1. The van der Waals surface area contributed by atoms with Crippen LogP contribution in [0.5, 0.6) is 0 Å². The van der Waals surface area contributed by atoms with Gasteiger partial charge in [-0.2, -0.15) is 0 Å². The van der Waals surface area contributed by atoms with E-state index >= 15 is 0 Å². The van der Waals surface area contributed by atoms with E-state index in [-0.39, 0.29) is 30.8 Å². The van der Waals surface area contributed by atoms with E-state index in [0.29, 0.717) is 12.2 Å². The fourth-order valence-corrected chi connectivity index (χ4v) is 6.23. The van der Waals surface area contributed by atoms with E-state index in [1.165, 1.54) is 5.56 Å². The Kier molecular flexibility index (Phi) is 10.7. The fraction of sp³-hybridized carbons (Fsp3) is 0.342. The van der Waals surface area contributed by atoms with Crippen molar-refractivity contribution in [3.63, 3.8) is 0 Å². The highest BCUT2D eigenvalue weighted by molar-refractivity contribution is 5.89. The molecule has 3 N–H and O–H groups in total. The normalized spacial score (nSPS) is 22.3. The van der Waals surface area contributed by atoms with Gasteiger partial charge >= 0.3 is 6.03 Å². The highest BCUT2D eigenvalue weighted by Crippen LogP contribution is 2.42. The Morgan fingerprint density at radius 2 is 1.35 bits per heavy atom. The number of rotatable bonds is 10. The Bertz CT molecular complexity index is 1510. The van der Waals surface area contributed by atoms with Gasteiger partial charge in [-0.3, -0.25) is 9.80 Å². The van der Waals surface area contributed by atoms with Gasteiger partial charge in [-0.1, -0.05) is 104 Å². The second kappa shape index (κ2) is 15.5. The maximum atomic E-state index is 12.5. The molecule has 2 amide bonds. The third kappa shape index (κ3) is 8.40. The first kappa shape index (κ1) is 31.9. The monoisotopic (exact) mass is 620 g/mol. The predicted octanol–water partition coefficient (Wildman–Crippen LogP) is 6.11. The minimum atomic E-state index is -0.552. The Morgan fingerprint density at radius 3 is 2.00 bits per heavy atom. The lowest BCUT2D eigenvalue weighted by Gasteiger charge is -2.44. The van der Waals surface area contributed by atoms with Crippen LogP contribution < -0.4 is 10.6 Å². The molecule has 46 heavy (non-hydrogen) atoms. The molecule has 2 aliphatic heterocycles. The molecule has 0 radical (unpaired) electrons. The minimum absolute atomic E-state index is 0.0105. The largest absolute Gasteiger partial charge is 0.392 e. The Hall–Kier alpha value is -4.05. The highest BCUT2D eigenvalue weighted by Gasteiger charge is 2.39. The van der Waals surface area contributed by atoms with Crippen molar-refractivity contribution >= 4 is 11.7 Å². The predicted molar refractivity (Wildman–Crippen MR) is 180 cm³/mol. The summed E-state index contributed by atoms with van der Waals surface area (Å²) in [6.45, 7) is 8.51. The molecule has 4 aromatic carbocycles. The molecule has 2 fully saturated rings. The second-order valence-electron chi connectivity index (χ2n) is 12.3. The van der Waals surface area contributed by atoms with Crippen LogP contribution in [0.1, 0.15) is 47.1 Å². The van der Waals surface area contributed by atoms with Crippen molar-refractivity contribution < 1.29 is 19.4 Å². The van der Waals surface area contributed by atoms with E-state index in [1.807, 2.05) is 66.7 Å². The number of hydrogen-bond donors (Lipinski definition) is 3. The molecule has 0 saturated carbocycles. The number of benzene rings is 4. The number of piperazine rings is 1. The van der Waals surface area contributed by atoms with Crippen LogP contribution in [0.25, 0.3) is 0 Å². The summed E-state index contributed by atoms with van der Waals surface area (Å²) in [5, 5.41) is 15.4. The standard InChI is InChI=1S/C38H44N4O4/c1-28-35(26-42-22-20-41(21-23-42)25-30-10-6-3-7-11-30)45-37(46-36(28)32-14-12-31(27-43)13-15-32)33-16-18-34(19-17-33)40-38(44)39-24-29-8-4-2-5-9-29/h2-19,28,35-37,43H,20-27H2,1H3,(H2,39,40,44). The number of nitrogens with zero attached hydrogens (tertiary/aromatic N) is 2. The molecule has 4 unspecified atom stereocenters. The molecule has 4 atom stereocenters. The number of carbonyl (C=O) groups excluding carboxylic acids is 1. The van der Waals surface area contributed by atoms with Gasteiger partial charge in [0.05, 0.1) is 18.8 Å². The van der Waals surface area contributed by atoms with Crippen LogP contribution in [-0.4, -0.2) is 59.8 Å². The van der Waals surface area contributed by atoms with Crippen LogP contribution in [0.15, 0.2) is 109 Å². The van der Waals surface area contributed by atoms with Crippen LogP contribution in [0.4, 0.5) is 10.5 Å². The average Bonchev–Trinajstić information content (AvgIpc) is 3.10. The molecular formula is C38H44N4O4. The van der Waals surface area contributed by atoms with Crippen molar-refractivity contribution in [2.24, 2.45) is 5.92 Å². The van der Waals surface area contributed by atoms with E-state index in [0.717, 1.165) is 61.5 Å². The first-order valence-electron chi connectivity index (χ1n) is 16.2. The number of carbonyl (C=O) groups is 1. The summed E-state index contributed by atoms with van der Waals surface area (Å²) < 4.78 is 13.3. The molecule has 0 aromatic heterocycles. The number of ether oxygens (including phenoxy) is 2. The van der Waals surface area contributed by atoms with E-state index < -0.39 is 6.29 Å². The molecule has 2 saturated heterocycles. The Labute approximate surface area is 272 Å². The van der Waals surface area contributed by atoms with Gasteiger partial charge < -0.3 is 25.2 Å². The molecule has 8 nitrogen and oxygen atoms in total. The van der Waals surface area contributed by atoms with Crippen LogP contribution in [0, 0.1) is 5.92 Å².